The summed E-state index contributed by atoms with van der Waals surface area (Å²) in [4.78, 5) is 10.3. The average Bonchev–Trinajstić information content (AvgIpc) is 2.49. The van der Waals surface area contributed by atoms with Gasteiger partial charge in [-0.15, -0.1) is 0 Å². The van der Waals surface area contributed by atoms with E-state index in [4.69, 9.17) is 9.84 Å². The maximum Gasteiger partial charge on any atom is 0.341 e. The fourth-order valence-electron chi connectivity index (χ4n) is 1.78. The van der Waals surface area contributed by atoms with Crippen LogP contribution in [0.15, 0.2) is 47.4 Å². The first-order chi connectivity index (χ1) is 10.8. The summed E-state index contributed by atoms with van der Waals surface area (Å²) in [7, 11) is -3.96. The van der Waals surface area contributed by atoms with Gasteiger partial charge in [-0.1, -0.05) is 6.07 Å². The van der Waals surface area contributed by atoms with Crippen molar-refractivity contribution in [1.29, 1.82) is 0 Å². The molecule has 0 unspecified atom stereocenters. The number of carboxylic acids is 1. The lowest BCUT2D eigenvalue weighted by molar-refractivity contribution is -0.139. The molecule has 122 valence electrons. The van der Waals surface area contributed by atoms with Gasteiger partial charge in [-0.3, -0.25) is 4.72 Å². The van der Waals surface area contributed by atoms with E-state index in [0.29, 0.717) is 5.56 Å². The highest BCUT2D eigenvalue weighted by Gasteiger charge is 2.16. The monoisotopic (exact) mass is 339 g/mol. The van der Waals surface area contributed by atoms with Crippen molar-refractivity contribution in [3.63, 3.8) is 0 Å². The van der Waals surface area contributed by atoms with Crippen LogP contribution in [0.25, 0.3) is 0 Å². The number of nitrogens with one attached hydrogen (secondary N) is 1. The Morgan fingerprint density at radius 2 is 1.87 bits per heavy atom. The molecule has 2 aromatic rings. The summed E-state index contributed by atoms with van der Waals surface area (Å²) >= 11 is 0. The van der Waals surface area contributed by atoms with E-state index in [0.717, 1.165) is 0 Å². The number of carbonyl (C=O) groups is 1. The van der Waals surface area contributed by atoms with Gasteiger partial charge in [0, 0.05) is 0 Å². The van der Waals surface area contributed by atoms with Gasteiger partial charge >= 0.3 is 5.97 Å². The molecule has 0 saturated carbocycles. The van der Waals surface area contributed by atoms with Gasteiger partial charge in [0.15, 0.2) is 6.61 Å². The molecule has 23 heavy (non-hydrogen) atoms. The lowest BCUT2D eigenvalue weighted by atomic mass is 10.2. The number of hydrogen-bond donors (Lipinski definition) is 2. The number of aliphatic carboxylic acids is 1. The Morgan fingerprint density at radius 1 is 1.22 bits per heavy atom. The SMILES string of the molecule is Cc1ccc(F)c(NS(=O)(=O)c2ccc(OCC(=O)O)cc2)c1. The normalized spacial score (nSPS) is 11.0. The molecule has 0 saturated heterocycles. The van der Waals surface area contributed by atoms with Crippen molar-refractivity contribution in [3.05, 3.63) is 53.8 Å². The fraction of sp³-hybridized carbons (Fsp3) is 0.133. The molecule has 0 spiro atoms. The molecule has 0 aromatic heterocycles. The van der Waals surface area contributed by atoms with E-state index >= 15 is 0 Å². The second-order valence-electron chi connectivity index (χ2n) is 4.74. The predicted octanol–water partition coefficient (Wildman–Crippen LogP) is 2.40. The predicted molar refractivity (Wildman–Crippen MR) is 81.5 cm³/mol. The van der Waals surface area contributed by atoms with Crippen molar-refractivity contribution in [1.82, 2.24) is 0 Å². The Kier molecular flexibility index (Phi) is 4.85. The van der Waals surface area contributed by atoms with Gasteiger partial charge in [0.25, 0.3) is 10.0 Å². The summed E-state index contributed by atoms with van der Waals surface area (Å²) in [5, 5.41) is 8.50. The summed E-state index contributed by atoms with van der Waals surface area (Å²) in [6.45, 7) is 1.19. The molecule has 2 rings (SSSR count). The van der Waals surface area contributed by atoms with Gasteiger partial charge in [0.1, 0.15) is 11.6 Å². The third-order valence-corrected chi connectivity index (χ3v) is 4.24. The first kappa shape index (κ1) is 16.8. The molecule has 0 aliphatic carbocycles. The standard InChI is InChI=1S/C15H14FNO5S/c1-10-2-7-13(16)14(8-10)17-23(20,21)12-5-3-11(4-6-12)22-9-15(18)19/h2-8,17H,9H2,1H3,(H,18,19). The Bertz CT molecular complexity index is 818. The summed E-state index contributed by atoms with van der Waals surface area (Å²) in [5.41, 5.74) is 0.567. The van der Waals surface area contributed by atoms with Gasteiger partial charge in [-0.05, 0) is 48.9 Å². The van der Waals surface area contributed by atoms with Gasteiger partial charge in [0.2, 0.25) is 0 Å². The molecule has 0 atom stereocenters. The van der Waals surface area contributed by atoms with Gasteiger partial charge < -0.3 is 9.84 Å². The first-order valence-corrected chi connectivity index (χ1v) is 8.00. The molecule has 0 aliphatic rings. The van der Waals surface area contributed by atoms with Crippen LogP contribution in [-0.4, -0.2) is 26.1 Å². The van der Waals surface area contributed by atoms with E-state index in [9.17, 15) is 17.6 Å². The number of rotatable bonds is 6. The van der Waals surface area contributed by atoms with Crippen LogP contribution in [0.4, 0.5) is 10.1 Å². The van der Waals surface area contributed by atoms with Crippen LogP contribution in [-0.2, 0) is 14.8 Å². The highest BCUT2D eigenvalue weighted by atomic mass is 32.2. The van der Waals surface area contributed by atoms with Gasteiger partial charge in [0.05, 0.1) is 10.6 Å². The Hall–Kier alpha value is -2.61. The van der Waals surface area contributed by atoms with E-state index in [1.165, 1.54) is 42.5 Å². The third kappa shape index (κ3) is 4.43. The summed E-state index contributed by atoms with van der Waals surface area (Å²) in [6.07, 6.45) is 0. The van der Waals surface area contributed by atoms with Crippen molar-refractivity contribution in [2.45, 2.75) is 11.8 Å². The average molecular weight is 339 g/mol. The summed E-state index contributed by atoms with van der Waals surface area (Å²) in [5.74, 6) is -1.60. The third-order valence-electron chi connectivity index (χ3n) is 2.86. The number of sulfonamides is 1. The van der Waals surface area contributed by atoms with Crippen LogP contribution in [0.2, 0.25) is 0 Å². The number of aryl methyl sites for hydroxylation is 1. The minimum atomic E-state index is -3.96. The lowest BCUT2D eigenvalue weighted by Gasteiger charge is -2.10. The molecule has 0 radical (unpaired) electrons. The molecule has 8 heteroatoms. The van der Waals surface area contributed by atoms with Crippen LogP contribution >= 0.6 is 0 Å². The molecule has 0 heterocycles. The van der Waals surface area contributed by atoms with E-state index in [-0.39, 0.29) is 16.3 Å². The molecule has 2 aromatic carbocycles. The van der Waals surface area contributed by atoms with Crippen molar-refractivity contribution >= 4 is 21.7 Å². The van der Waals surface area contributed by atoms with E-state index in [1.807, 2.05) is 0 Å². The summed E-state index contributed by atoms with van der Waals surface area (Å²) < 4.78 is 45.2. The van der Waals surface area contributed by atoms with Crippen LogP contribution in [0.1, 0.15) is 5.56 Å². The quantitative estimate of drug-likeness (QED) is 0.843. The molecule has 0 bridgehead atoms. The Labute approximate surface area is 132 Å². The molecule has 2 N–H and O–H groups in total. The van der Waals surface area contributed by atoms with Crippen LogP contribution < -0.4 is 9.46 Å². The molecule has 0 aliphatic heterocycles. The van der Waals surface area contributed by atoms with Crippen LogP contribution in [0.5, 0.6) is 5.75 Å². The number of carboxylic acid groups (broad SMARTS) is 1. The van der Waals surface area contributed by atoms with E-state index in [2.05, 4.69) is 4.72 Å². The van der Waals surface area contributed by atoms with Crippen LogP contribution in [0, 0.1) is 12.7 Å². The zero-order valence-electron chi connectivity index (χ0n) is 12.1. The zero-order valence-corrected chi connectivity index (χ0v) is 12.9. The fourth-order valence-corrected chi connectivity index (χ4v) is 2.84. The number of ether oxygens (including phenoxy) is 1. The summed E-state index contributed by atoms with van der Waals surface area (Å²) in [6, 6.07) is 9.23. The van der Waals surface area contributed by atoms with Crippen molar-refractivity contribution in [3.8, 4) is 5.75 Å². The Balaban J connectivity index is 2.19. The first-order valence-electron chi connectivity index (χ1n) is 6.51. The minimum absolute atomic E-state index is 0.0962. The number of benzene rings is 2. The smallest absolute Gasteiger partial charge is 0.341 e. The zero-order chi connectivity index (χ0) is 17.0. The van der Waals surface area contributed by atoms with Gasteiger partial charge in [-0.25, -0.2) is 17.6 Å². The van der Waals surface area contributed by atoms with Crippen molar-refractivity contribution < 1.29 is 27.4 Å². The Morgan fingerprint density at radius 3 is 2.48 bits per heavy atom. The lowest BCUT2D eigenvalue weighted by Crippen LogP contribution is -2.14. The number of halogens is 1. The second kappa shape index (κ2) is 6.66. The maximum atomic E-state index is 13.7. The number of anilines is 1. The van der Waals surface area contributed by atoms with Crippen molar-refractivity contribution in [2.75, 3.05) is 11.3 Å². The highest BCUT2D eigenvalue weighted by Crippen LogP contribution is 2.22. The maximum absolute atomic E-state index is 13.7. The molecular weight excluding hydrogens is 325 g/mol. The van der Waals surface area contributed by atoms with Crippen LogP contribution in [0.3, 0.4) is 0 Å². The van der Waals surface area contributed by atoms with E-state index < -0.39 is 28.4 Å². The van der Waals surface area contributed by atoms with Gasteiger partial charge in [-0.2, -0.15) is 0 Å². The molecule has 0 fully saturated rings. The highest BCUT2D eigenvalue weighted by molar-refractivity contribution is 7.92. The molecule has 0 amide bonds. The number of hydrogen-bond acceptors (Lipinski definition) is 4. The molecular formula is C15H14FNO5S. The van der Waals surface area contributed by atoms with E-state index in [1.54, 1.807) is 6.92 Å². The largest absolute Gasteiger partial charge is 0.482 e. The topological polar surface area (TPSA) is 92.7 Å². The molecule has 6 nitrogen and oxygen atoms in total. The second-order valence-corrected chi connectivity index (χ2v) is 6.43. The van der Waals surface area contributed by atoms with Crippen molar-refractivity contribution in [2.24, 2.45) is 0 Å². The minimum Gasteiger partial charge on any atom is -0.482 e.